The predicted octanol–water partition coefficient (Wildman–Crippen LogP) is 0.883. The van der Waals surface area contributed by atoms with E-state index in [1.165, 1.54) is 24.0 Å². The summed E-state index contributed by atoms with van der Waals surface area (Å²) in [5, 5.41) is 11.3. The molecule has 1 amide bonds. The van der Waals surface area contributed by atoms with Crippen molar-refractivity contribution < 1.29 is 14.7 Å². The minimum atomic E-state index is -0.828. The van der Waals surface area contributed by atoms with Crippen LogP contribution in [0.4, 0.5) is 5.69 Å². The Labute approximate surface area is 146 Å². The van der Waals surface area contributed by atoms with Gasteiger partial charge in [-0.3, -0.25) is 23.9 Å². The van der Waals surface area contributed by atoms with Crippen molar-refractivity contribution in [2.24, 2.45) is 0 Å². The van der Waals surface area contributed by atoms with Crippen LogP contribution in [0.3, 0.4) is 0 Å². The number of carbonyl (C=O) groups excluding carboxylic acids is 1. The third kappa shape index (κ3) is 6.30. The van der Waals surface area contributed by atoms with E-state index in [0.717, 1.165) is 10.1 Å². The molecule has 2 aromatic rings. The van der Waals surface area contributed by atoms with E-state index in [1.54, 1.807) is 18.2 Å². The highest BCUT2D eigenvalue weighted by molar-refractivity contribution is 7.98. The molecular formula is C16H17N3O5S. The van der Waals surface area contributed by atoms with Crippen molar-refractivity contribution >= 4 is 29.3 Å². The van der Waals surface area contributed by atoms with Crippen LogP contribution >= 0.6 is 11.8 Å². The maximum atomic E-state index is 12.0. The Morgan fingerprint density at radius 1 is 1.24 bits per heavy atom. The molecule has 0 bridgehead atoms. The molecule has 3 N–H and O–H groups in total. The first-order valence-corrected chi connectivity index (χ1v) is 8.57. The Balaban J connectivity index is 1.92. The first-order chi connectivity index (χ1) is 11.9. The number of thioether (sulfide) groups is 1. The number of carboxylic acids is 1. The molecule has 1 aromatic carbocycles. The number of aromatic nitrogens is 2. The predicted molar refractivity (Wildman–Crippen MR) is 94.8 cm³/mol. The highest BCUT2D eigenvalue weighted by atomic mass is 32.2. The van der Waals surface area contributed by atoms with E-state index < -0.39 is 23.1 Å². The number of anilines is 1. The molecule has 0 fully saturated rings. The number of carboxylic acid groups (broad SMARTS) is 1. The van der Waals surface area contributed by atoms with Crippen LogP contribution in [-0.4, -0.2) is 32.3 Å². The smallest absolute Gasteiger partial charge is 0.328 e. The van der Waals surface area contributed by atoms with Crippen molar-refractivity contribution in [1.29, 1.82) is 0 Å². The number of hydrogen-bond acceptors (Lipinski definition) is 5. The fraction of sp³-hybridized carbons (Fsp3) is 0.250. The van der Waals surface area contributed by atoms with Crippen LogP contribution in [-0.2, 0) is 21.9 Å². The number of aromatic amines is 1. The molecule has 8 nitrogen and oxygen atoms in total. The van der Waals surface area contributed by atoms with Gasteiger partial charge in [0.15, 0.2) is 0 Å². The van der Waals surface area contributed by atoms with E-state index in [4.69, 9.17) is 5.11 Å². The summed E-state index contributed by atoms with van der Waals surface area (Å²) in [6.45, 7) is -0.215. The lowest BCUT2D eigenvalue weighted by atomic mass is 10.2. The Morgan fingerprint density at radius 3 is 2.76 bits per heavy atom. The van der Waals surface area contributed by atoms with Gasteiger partial charge in [0, 0.05) is 29.5 Å². The molecule has 0 aliphatic heterocycles. The summed E-state index contributed by atoms with van der Waals surface area (Å²) in [7, 11) is 0. The summed E-state index contributed by atoms with van der Waals surface area (Å²) in [5.74, 6) is -0.0759. The largest absolute Gasteiger partial charge is 0.481 e. The number of hydrogen-bond donors (Lipinski definition) is 3. The summed E-state index contributed by atoms with van der Waals surface area (Å²) in [6.07, 6.45) is 1.37. The zero-order valence-electron chi connectivity index (χ0n) is 13.2. The maximum absolute atomic E-state index is 12.0. The molecule has 0 aliphatic carbocycles. The molecule has 1 heterocycles. The number of nitrogens with zero attached hydrogens (tertiary/aromatic N) is 1. The van der Waals surface area contributed by atoms with Crippen LogP contribution < -0.4 is 16.6 Å². The molecule has 1 aromatic heterocycles. The quantitative estimate of drug-likeness (QED) is 0.599. The zero-order valence-corrected chi connectivity index (χ0v) is 14.0. The number of amides is 1. The van der Waals surface area contributed by atoms with Gasteiger partial charge in [-0.1, -0.05) is 12.1 Å². The minimum absolute atomic E-state index is 0.106. The Hall–Kier alpha value is -2.81. The number of H-pyrrole nitrogens is 1. The Bertz CT molecular complexity index is 874. The van der Waals surface area contributed by atoms with Crippen LogP contribution in [0.15, 0.2) is 46.1 Å². The number of aliphatic carboxylic acids is 1. The van der Waals surface area contributed by atoms with Crippen molar-refractivity contribution in [3.63, 3.8) is 0 Å². The molecule has 0 radical (unpaired) electrons. The summed E-state index contributed by atoms with van der Waals surface area (Å²) < 4.78 is 1.10. The second-order valence-electron chi connectivity index (χ2n) is 5.18. The molecule has 0 unspecified atom stereocenters. The lowest BCUT2D eigenvalue weighted by Gasteiger charge is -2.08. The summed E-state index contributed by atoms with van der Waals surface area (Å²) >= 11 is 1.50. The van der Waals surface area contributed by atoms with Crippen molar-refractivity contribution in [3.05, 3.63) is 62.9 Å². The zero-order chi connectivity index (χ0) is 18.2. The van der Waals surface area contributed by atoms with Crippen LogP contribution in [0.1, 0.15) is 12.0 Å². The third-order valence-electron chi connectivity index (χ3n) is 3.15. The standard InChI is InChI=1S/C16H17N3O5S/c20-13-4-6-19(16(24)18-13)9-14(21)17-12-3-1-2-11(8-12)10-25-7-5-15(22)23/h1-4,6,8H,5,7,9-10H2,(H,17,21)(H,22,23)(H,18,20,24). The van der Waals surface area contributed by atoms with Gasteiger partial charge >= 0.3 is 11.7 Å². The number of benzene rings is 1. The van der Waals surface area contributed by atoms with Gasteiger partial charge in [-0.05, 0) is 17.7 Å². The highest BCUT2D eigenvalue weighted by Crippen LogP contribution is 2.17. The van der Waals surface area contributed by atoms with Crippen LogP contribution in [0.2, 0.25) is 0 Å². The summed E-state index contributed by atoms with van der Waals surface area (Å²) in [5.41, 5.74) is 0.370. The second-order valence-corrected chi connectivity index (χ2v) is 6.29. The van der Waals surface area contributed by atoms with Gasteiger partial charge in [-0.25, -0.2) is 4.79 Å². The third-order valence-corrected chi connectivity index (χ3v) is 4.18. The first-order valence-electron chi connectivity index (χ1n) is 7.42. The van der Waals surface area contributed by atoms with Crippen molar-refractivity contribution in [2.75, 3.05) is 11.1 Å². The summed E-state index contributed by atoms with van der Waals surface area (Å²) in [6, 6.07) is 8.36. The van der Waals surface area contributed by atoms with Gasteiger partial charge in [0.1, 0.15) is 6.54 Å². The first kappa shape index (κ1) is 18.5. The molecule has 9 heteroatoms. The highest BCUT2D eigenvalue weighted by Gasteiger charge is 2.06. The molecule has 0 atom stereocenters. The second kappa shape index (κ2) is 8.88. The average Bonchev–Trinajstić information content (AvgIpc) is 2.54. The van der Waals surface area contributed by atoms with Crippen LogP contribution in [0, 0.1) is 0 Å². The maximum Gasteiger partial charge on any atom is 0.328 e. The molecule has 0 spiro atoms. The van der Waals surface area contributed by atoms with Crippen molar-refractivity contribution in [2.45, 2.75) is 18.7 Å². The van der Waals surface area contributed by atoms with Crippen molar-refractivity contribution in [1.82, 2.24) is 9.55 Å². The van der Waals surface area contributed by atoms with Crippen LogP contribution in [0.5, 0.6) is 0 Å². The van der Waals surface area contributed by atoms with Crippen molar-refractivity contribution in [3.8, 4) is 0 Å². The van der Waals surface area contributed by atoms with E-state index in [-0.39, 0.29) is 13.0 Å². The van der Waals surface area contributed by atoms with E-state index in [0.29, 0.717) is 17.2 Å². The van der Waals surface area contributed by atoms with Gasteiger partial charge < -0.3 is 10.4 Å². The van der Waals surface area contributed by atoms with Gasteiger partial charge in [0.05, 0.1) is 6.42 Å². The molecule has 0 saturated carbocycles. The van der Waals surface area contributed by atoms with E-state index in [9.17, 15) is 19.2 Å². The normalized spacial score (nSPS) is 10.4. The fourth-order valence-corrected chi connectivity index (χ4v) is 2.89. The molecule has 2 rings (SSSR count). The molecule has 0 aliphatic rings. The van der Waals surface area contributed by atoms with Gasteiger partial charge in [-0.2, -0.15) is 11.8 Å². The van der Waals surface area contributed by atoms with Gasteiger partial charge in [0.2, 0.25) is 5.91 Å². The van der Waals surface area contributed by atoms with E-state index in [2.05, 4.69) is 10.3 Å². The monoisotopic (exact) mass is 363 g/mol. The number of rotatable bonds is 8. The summed E-state index contributed by atoms with van der Waals surface area (Å²) in [4.78, 5) is 47.1. The fourth-order valence-electron chi connectivity index (χ4n) is 2.01. The van der Waals surface area contributed by atoms with Gasteiger partial charge in [0.25, 0.3) is 5.56 Å². The number of nitrogens with one attached hydrogen (secondary N) is 2. The van der Waals surface area contributed by atoms with Crippen LogP contribution in [0.25, 0.3) is 0 Å². The average molecular weight is 363 g/mol. The molecule has 132 valence electrons. The number of carbonyl (C=O) groups is 2. The van der Waals surface area contributed by atoms with Gasteiger partial charge in [-0.15, -0.1) is 0 Å². The molecule has 25 heavy (non-hydrogen) atoms. The SMILES string of the molecule is O=C(O)CCSCc1cccc(NC(=O)Cn2ccc(=O)[nH]c2=O)c1. The lowest BCUT2D eigenvalue weighted by molar-refractivity contribution is -0.136. The lowest BCUT2D eigenvalue weighted by Crippen LogP contribution is -2.32. The topological polar surface area (TPSA) is 121 Å². The molecule has 0 saturated heterocycles. The van der Waals surface area contributed by atoms with E-state index in [1.807, 2.05) is 6.07 Å². The molecular weight excluding hydrogens is 346 g/mol. The van der Waals surface area contributed by atoms with E-state index >= 15 is 0 Å². The Morgan fingerprint density at radius 2 is 2.04 bits per heavy atom. The minimum Gasteiger partial charge on any atom is -0.481 e. The Kier molecular flexibility index (Phi) is 6.58.